The maximum Gasteiger partial charge on any atom is 0.0645 e. The highest BCUT2D eigenvalue weighted by Crippen LogP contribution is 2.24. The molecular weight excluding hydrogens is 212 g/mol. The molecule has 1 atom stereocenters. The van der Waals surface area contributed by atoms with E-state index in [2.05, 4.69) is 31.0 Å². The summed E-state index contributed by atoms with van der Waals surface area (Å²) in [7, 11) is 0. The minimum absolute atomic E-state index is 0.210. The molecule has 0 amide bonds. The van der Waals surface area contributed by atoms with Crippen molar-refractivity contribution in [1.82, 2.24) is 10.2 Å². The van der Waals surface area contributed by atoms with Crippen molar-refractivity contribution in [1.29, 1.82) is 0 Å². The number of ether oxygens (including phenoxy) is 1. The average Bonchev–Trinajstić information content (AvgIpc) is 3.07. The smallest absolute Gasteiger partial charge is 0.0645 e. The van der Waals surface area contributed by atoms with Crippen molar-refractivity contribution in [3.8, 4) is 0 Å². The van der Waals surface area contributed by atoms with Crippen LogP contribution in [0.5, 0.6) is 0 Å². The highest BCUT2D eigenvalue weighted by Gasteiger charge is 2.33. The summed E-state index contributed by atoms with van der Waals surface area (Å²) in [5.41, 5.74) is 0.210. The predicted octanol–water partition coefficient (Wildman–Crippen LogP) is 2.02. The fraction of sp³-hybridized carbons (Fsp3) is 1.00. The molecular formula is C14H28N2O. The van der Waals surface area contributed by atoms with Gasteiger partial charge in [0.1, 0.15) is 0 Å². The van der Waals surface area contributed by atoms with Crippen molar-refractivity contribution in [3.05, 3.63) is 0 Å². The molecule has 2 aliphatic rings. The maximum absolute atomic E-state index is 5.58. The van der Waals surface area contributed by atoms with Crippen LogP contribution in [0.4, 0.5) is 0 Å². The first kappa shape index (κ1) is 13.3. The Balaban J connectivity index is 1.67. The molecule has 1 aliphatic carbocycles. The van der Waals surface area contributed by atoms with E-state index in [1.165, 1.54) is 32.2 Å². The summed E-state index contributed by atoms with van der Waals surface area (Å²) in [6, 6.07) is 1.53. The van der Waals surface area contributed by atoms with Gasteiger partial charge in [0, 0.05) is 24.2 Å². The fourth-order valence-corrected chi connectivity index (χ4v) is 2.83. The molecule has 1 saturated heterocycles. The highest BCUT2D eigenvalue weighted by atomic mass is 16.5. The van der Waals surface area contributed by atoms with Crippen LogP contribution >= 0.6 is 0 Å². The number of nitrogens with zero attached hydrogens (tertiary/aromatic N) is 1. The summed E-state index contributed by atoms with van der Waals surface area (Å²) >= 11 is 0. The van der Waals surface area contributed by atoms with Gasteiger partial charge in [-0.15, -0.1) is 0 Å². The average molecular weight is 240 g/mol. The van der Waals surface area contributed by atoms with Gasteiger partial charge in [-0.3, -0.25) is 4.90 Å². The second kappa shape index (κ2) is 5.68. The van der Waals surface area contributed by atoms with E-state index in [1.807, 2.05) is 0 Å². The van der Waals surface area contributed by atoms with Crippen molar-refractivity contribution in [2.75, 3.05) is 26.3 Å². The molecule has 1 aliphatic heterocycles. The Bertz CT molecular complexity index is 238. The van der Waals surface area contributed by atoms with E-state index < -0.39 is 0 Å². The van der Waals surface area contributed by atoms with Gasteiger partial charge in [0.25, 0.3) is 0 Å². The third-order valence-corrected chi connectivity index (χ3v) is 4.05. The topological polar surface area (TPSA) is 24.5 Å². The van der Waals surface area contributed by atoms with Gasteiger partial charge in [-0.25, -0.2) is 0 Å². The van der Waals surface area contributed by atoms with E-state index in [-0.39, 0.29) is 5.54 Å². The summed E-state index contributed by atoms with van der Waals surface area (Å²) in [4.78, 5) is 2.62. The molecule has 2 fully saturated rings. The normalized spacial score (nSPS) is 27.0. The van der Waals surface area contributed by atoms with Gasteiger partial charge in [0.15, 0.2) is 0 Å². The van der Waals surface area contributed by atoms with Gasteiger partial charge in [-0.1, -0.05) is 0 Å². The van der Waals surface area contributed by atoms with Gasteiger partial charge in [0.2, 0.25) is 0 Å². The Labute approximate surface area is 106 Å². The molecule has 17 heavy (non-hydrogen) atoms. The van der Waals surface area contributed by atoms with Crippen LogP contribution in [0.1, 0.15) is 46.5 Å². The minimum atomic E-state index is 0.210. The van der Waals surface area contributed by atoms with Crippen molar-refractivity contribution in [3.63, 3.8) is 0 Å². The lowest BCUT2D eigenvalue weighted by molar-refractivity contribution is -0.0701. The van der Waals surface area contributed by atoms with E-state index in [1.54, 1.807) is 0 Å². The molecule has 3 heteroatoms. The number of rotatable bonds is 6. The molecule has 0 aromatic heterocycles. The van der Waals surface area contributed by atoms with Crippen LogP contribution in [0.25, 0.3) is 0 Å². The number of morpholine rings is 1. The Hall–Kier alpha value is -0.120. The summed E-state index contributed by atoms with van der Waals surface area (Å²) < 4.78 is 5.58. The largest absolute Gasteiger partial charge is 0.378 e. The molecule has 3 nitrogen and oxygen atoms in total. The zero-order valence-electron chi connectivity index (χ0n) is 11.7. The molecule has 1 heterocycles. The second-order valence-corrected chi connectivity index (χ2v) is 6.28. The second-order valence-electron chi connectivity index (χ2n) is 6.28. The SMILES string of the molecule is CC(CCCNC1CC1)N1CCOCC1(C)C. The van der Waals surface area contributed by atoms with E-state index >= 15 is 0 Å². The summed E-state index contributed by atoms with van der Waals surface area (Å²) in [6.07, 6.45) is 5.38. The van der Waals surface area contributed by atoms with Crippen LogP contribution in [-0.4, -0.2) is 48.8 Å². The molecule has 1 saturated carbocycles. The lowest BCUT2D eigenvalue weighted by Gasteiger charge is -2.45. The number of nitrogens with one attached hydrogen (secondary N) is 1. The van der Waals surface area contributed by atoms with Crippen LogP contribution < -0.4 is 5.32 Å². The monoisotopic (exact) mass is 240 g/mol. The van der Waals surface area contributed by atoms with E-state index in [0.29, 0.717) is 6.04 Å². The first-order chi connectivity index (χ1) is 8.09. The zero-order chi connectivity index (χ0) is 12.3. The highest BCUT2D eigenvalue weighted by molar-refractivity contribution is 4.88. The first-order valence-corrected chi connectivity index (χ1v) is 7.17. The van der Waals surface area contributed by atoms with Gasteiger partial charge < -0.3 is 10.1 Å². The van der Waals surface area contributed by atoms with Crippen LogP contribution in [0.2, 0.25) is 0 Å². The van der Waals surface area contributed by atoms with Gasteiger partial charge in [-0.05, 0) is 53.0 Å². The van der Waals surface area contributed by atoms with Crippen molar-refractivity contribution in [2.45, 2.75) is 64.1 Å². The molecule has 1 N–H and O–H groups in total. The molecule has 100 valence electrons. The van der Waals surface area contributed by atoms with Gasteiger partial charge in [0.05, 0.1) is 13.2 Å². The van der Waals surface area contributed by atoms with Gasteiger partial charge >= 0.3 is 0 Å². The minimum Gasteiger partial charge on any atom is -0.378 e. The molecule has 0 aromatic carbocycles. The van der Waals surface area contributed by atoms with E-state index in [4.69, 9.17) is 4.74 Å². The lowest BCUT2D eigenvalue weighted by Crippen LogP contribution is -2.56. The molecule has 0 spiro atoms. The number of hydrogen-bond acceptors (Lipinski definition) is 3. The first-order valence-electron chi connectivity index (χ1n) is 7.17. The summed E-state index contributed by atoms with van der Waals surface area (Å²) in [5.74, 6) is 0. The lowest BCUT2D eigenvalue weighted by atomic mass is 9.98. The van der Waals surface area contributed by atoms with Crippen LogP contribution in [-0.2, 0) is 4.74 Å². The molecule has 0 bridgehead atoms. The fourth-order valence-electron chi connectivity index (χ4n) is 2.83. The van der Waals surface area contributed by atoms with Crippen LogP contribution in [0.3, 0.4) is 0 Å². The van der Waals surface area contributed by atoms with Crippen LogP contribution in [0.15, 0.2) is 0 Å². The molecule has 0 aromatic rings. The molecule has 0 radical (unpaired) electrons. The van der Waals surface area contributed by atoms with Gasteiger partial charge in [-0.2, -0.15) is 0 Å². The Morgan fingerprint density at radius 1 is 1.41 bits per heavy atom. The quantitative estimate of drug-likeness (QED) is 0.719. The maximum atomic E-state index is 5.58. The molecule has 2 rings (SSSR count). The Morgan fingerprint density at radius 3 is 2.82 bits per heavy atom. The summed E-state index contributed by atoms with van der Waals surface area (Å²) in [6.45, 7) is 11.0. The zero-order valence-corrected chi connectivity index (χ0v) is 11.7. The standard InChI is InChI=1S/C14H28N2O/c1-12(5-4-8-15-13-6-7-13)16-9-10-17-11-14(16,2)3/h12-13,15H,4-11H2,1-3H3. The van der Waals surface area contributed by atoms with Crippen LogP contribution in [0, 0.1) is 0 Å². The number of hydrogen-bond donors (Lipinski definition) is 1. The predicted molar refractivity (Wildman–Crippen MR) is 71.3 cm³/mol. The summed E-state index contributed by atoms with van der Waals surface area (Å²) in [5, 5.41) is 3.59. The Kier molecular flexibility index (Phi) is 4.45. The van der Waals surface area contributed by atoms with E-state index in [0.717, 1.165) is 25.8 Å². The third kappa shape index (κ3) is 3.94. The van der Waals surface area contributed by atoms with Crippen molar-refractivity contribution < 1.29 is 4.74 Å². The van der Waals surface area contributed by atoms with Crippen molar-refractivity contribution >= 4 is 0 Å². The Morgan fingerprint density at radius 2 is 2.18 bits per heavy atom. The third-order valence-electron chi connectivity index (χ3n) is 4.05. The van der Waals surface area contributed by atoms with Crippen molar-refractivity contribution in [2.24, 2.45) is 0 Å². The molecule has 1 unspecified atom stereocenters. The van der Waals surface area contributed by atoms with E-state index in [9.17, 15) is 0 Å².